The van der Waals surface area contributed by atoms with Gasteiger partial charge in [0.1, 0.15) is 0 Å². The lowest BCUT2D eigenvalue weighted by atomic mass is 9.99. The Morgan fingerprint density at radius 1 is 0.550 bits per heavy atom. The average molecular weight is 258 g/mol. The van der Waals surface area contributed by atoms with E-state index in [2.05, 4.69) is 48.5 Å². The van der Waals surface area contributed by atoms with Gasteiger partial charge in [0, 0.05) is 10.8 Å². The minimum Gasteiger partial charge on any atom is -0.249 e. The fourth-order valence-corrected chi connectivity index (χ4v) is 2.83. The summed E-state index contributed by atoms with van der Waals surface area (Å²) in [5, 5.41) is 4.84. The lowest BCUT2D eigenvalue weighted by Gasteiger charge is -2.10. The molecule has 0 amide bonds. The molecule has 0 saturated carbocycles. The molecule has 4 aromatic rings. The van der Waals surface area contributed by atoms with E-state index >= 15 is 0 Å². The molecule has 1 aromatic heterocycles. The maximum Gasteiger partial charge on any atom is 0.0975 e. The van der Waals surface area contributed by atoms with Crippen molar-refractivity contribution in [1.29, 1.82) is 0 Å². The molecule has 4 rings (SSSR count). The van der Waals surface area contributed by atoms with Crippen LogP contribution in [0.25, 0.3) is 32.6 Å². The highest BCUT2D eigenvalue weighted by atomic mass is 14.8. The predicted molar refractivity (Wildman–Crippen MR) is 84.0 cm³/mol. The van der Waals surface area contributed by atoms with Gasteiger partial charge in [-0.3, -0.25) is 0 Å². The van der Waals surface area contributed by atoms with Gasteiger partial charge in [-0.2, -0.15) is 0 Å². The molecule has 0 N–H and O–H groups in total. The molecule has 0 radical (unpaired) electrons. The molecule has 0 bridgehead atoms. The number of benzene rings is 3. The summed E-state index contributed by atoms with van der Waals surface area (Å²) in [6, 6.07) is 16.9. The first-order valence-corrected chi connectivity index (χ1v) is 6.80. The van der Waals surface area contributed by atoms with Crippen molar-refractivity contribution in [2.24, 2.45) is 0 Å². The normalized spacial score (nSPS) is 11.5. The van der Waals surface area contributed by atoms with Crippen LogP contribution < -0.4 is 0 Å². The van der Waals surface area contributed by atoms with Crippen LogP contribution in [0, 0.1) is 13.8 Å². The van der Waals surface area contributed by atoms with Gasteiger partial charge >= 0.3 is 0 Å². The molecule has 2 nitrogen and oxygen atoms in total. The highest BCUT2D eigenvalue weighted by Gasteiger charge is 2.11. The maximum atomic E-state index is 4.79. The first-order valence-electron chi connectivity index (χ1n) is 6.80. The lowest BCUT2D eigenvalue weighted by Crippen LogP contribution is -1.95. The van der Waals surface area contributed by atoms with Crippen molar-refractivity contribution in [3.63, 3.8) is 0 Å². The number of fused-ring (bicyclic) bond motifs is 6. The van der Waals surface area contributed by atoms with E-state index in [0.29, 0.717) is 0 Å². The number of aryl methyl sites for hydroxylation is 2. The summed E-state index contributed by atoms with van der Waals surface area (Å²) in [5.41, 5.74) is 4.00. The molecular weight excluding hydrogens is 244 g/mol. The second-order valence-electron chi connectivity index (χ2n) is 5.18. The molecule has 3 aromatic carbocycles. The van der Waals surface area contributed by atoms with Gasteiger partial charge < -0.3 is 0 Å². The van der Waals surface area contributed by atoms with E-state index in [4.69, 9.17) is 9.97 Å². The van der Waals surface area contributed by atoms with Gasteiger partial charge in [-0.05, 0) is 24.6 Å². The number of rotatable bonds is 0. The third kappa shape index (κ3) is 1.45. The highest BCUT2D eigenvalue weighted by molar-refractivity contribution is 6.22. The van der Waals surface area contributed by atoms with E-state index in [1.165, 1.54) is 21.5 Å². The van der Waals surface area contributed by atoms with Crippen LogP contribution >= 0.6 is 0 Å². The molecule has 0 spiro atoms. The van der Waals surface area contributed by atoms with Gasteiger partial charge in [-0.1, -0.05) is 48.5 Å². The molecule has 1 heterocycles. The van der Waals surface area contributed by atoms with Crippen molar-refractivity contribution in [2.45, 2.75) is 13.8 Å². The number of aromatic nitrogens is 2. The average Bonchev–Trinajstić information content (AvgIpc) is 2.49. The summed E-state index contributed by atoms with van der Waals surface area (Å²) in [7, 11) is 0. The van der Waals surface area contributed by atoms with Gasteiger partial charge in [-0.15, -0.1) is 0 Å². The standard InChI is InChI=1S/C18H14N2/c1-11-12(2)20-18-16-10-6-4-8-14(16)13-7-3-5-9-15(13)17(18)19-11/h3-10H,1-2H3. The van der Waals surface area contributed by atoms with Crippen LogP contribution in [0.15, 0.2) is 48.5 Å². The molecule has 20 heavy (non-hydrogen) atoms. The van der Waals surface area contributed by atoms with Crippen molar-refractivity contribution < 1.29 is 0 Å². The van der Waals surface area contributed by atoms with Gasteiger partial charge in [0.15, 0.2) is 0 Å². The molecule has 0 aliphatic rings. The van der Waals surface area contributed by atoms with Gasteiger partial charge in [0.25, 0.3) is 0 Å². The van der Waals surface area contributed by atoms with Crippen molar-refractivity contribution in [3.05, 3.63) is 59.9 Å². The largest absolute Gasteiger partial charge is 0.249 e. The minimum absolute atomic E-state index is 0.998. The molecule has 0 fully saturated rings. The van der Waals surface area contributed by atoms with Crippen LogP contribution in [-0.2, 0) is 0 Å². The van der Waals surface area contributed by atoms with Gasteiger partial charge in [0.2, 0.25) is 0 Å². The molecule has 0 unspecified atom stereocenters. The zero-order chi connectivity index (χ0) is 13.7. The molecule has 0 saturated heterocycles. The van der Waals surface area contributed by atoms with Crippen molar-refractivity contribution in [1.82, 2.24) is 9.97 Å². The summed E-state index contributed by atoms with van der Waals surface area (Å²) >= 11 is 0. The fourth-order valence-electron chi connectivity index (χ4n) is 2.83. The maximum absolute atomic E-state index is 4.79. The van der Waals surface area contributed by atoms with Crippen LogP contribution in [0.4, 0.5) is 0 Å². The Morgan fingerprint density at radius 2 is 0.900 bits per heavy atom. The Kier molecular flexibility index (Phi) is 2.27. The SMILES string of the molecule is Cc1nc2c3ccccc3c3ccccc3c2nc1C. The van der Waals surface area contributed by atoms with Crippen LogP contribution in [-0.4, -0.2) is 9.97 Å². The molecular formula is C18H14N2. The van der Waals surface area contributed by atoms with Crippen molar-refractivity contribution >= 4 is 32.6 Å². The van der Waals surface area contributed by atoms with Crippen LogP contribution in [0.5, 0.6) is 0 Å². The van der Waals surface area contributed by atoms with Crippen LogP contribution in [0.3, 0.4) is 0 Å². The summed E-state index contributed by atoms with van der Waals surface area (Å²) in [4.78, 5) is 9.58. The molecule has 2 heteroatoms. The highest BCUT2D eigenvalue weighted by Crippen LogP contribution is 2.33. The number of nitrogens with zero attached hydrogens (tertiary/aromatic N) is 2. The Morgan fingerprint density at radius 3 is 1.30 bits per heavy atom. The predicted octanol–water partition coefficient (Wildman–Crippen LogP) is 4.55. The number of hydrogen-bond acceptors (Lipinski definition) is 2. The van der Waals surface area contributed by atoms with E-state index in [9.17, 15) is 0 Å². The zero-order valence-electron chi connectivity index (χ0n) is 11.5. The number of hydrogen-bond donors (Lipinski definition) is 0. The van der Waals surface area contributed by atoms with Crippen LogP contribution in [0.2, 0.25) is 0 Å². The fraction of sp³-hybridized carbons (Fsp3) is 0.111. The Labute approximate surface area is 117 Å². The van der Waals surface area contributed by atoms with Crippen molar-refractivity contribution in [2.75, 3.05) is 0 Å². The van der Waals surface area contributed by atoms with E-state index < -0.39 is 0 Å². The second-order valence-corrected chi connectivity index (χ2v) is 5.18. The lowest BCUT2D eigenvalue weighted by molar-refractivity contribution is 1.11. The molecule has 96 valence electrons. The summed E-state index contributed by atoms with van der Waals surface area (Å²) in [6.07, 6.45) is 0. The quantitative estimate of drug-likeness (QED) is 0.432. The van der Waals surface area contributed by atoms with Gasteiger partial charge in [0.05, 0.1) is 22.4 Å². The Hall–Kier alpha value is -2.48. The molecule has 0 aliphatic carbocycles. The van der Waals surface area contributed by atoms with E-state index in [1.54, 1.807) is 0 Å². The molecule has 0 aliphatic heterocycles. The molecule has 0 atom stereocenters. The first kappa shape index (κ1) is 11.4. The second kappa shape index (κ2) is 4.01. The zero-order valence-corrected chi connectivity index (χ0v) is 11.5. The van der Waals surface area contributed by atoms with Crippen LogP contribution in [0.1, 0.15) is 11.4 Å². The van der Waals surface area contributed by atoms with Crippen molar-refractivity contribution in [3.8, 4) is 0 Å². The van der Waals surface area contributed by atoms with E-state index in [-0.39, 0.29) is 0 Å². The summed E-state index contributed by atoms with van der Waals surface area (Å²) in [6.45, 7) is 4.04. The van der Waals surface area contributed by atoms with E-state index in [1.807, 2.05) is 13.8 Å². The summed E-state index contributed by atoms with van der Waals surface area (Å²) in [5.74, 6) is 0. The third-order valence-corrected chi connectivity index (χ3v) is 3.96. The monoisotopic (exact) mass is 258 g/mol. The first-order chi connectivity index (χ1) is 9.75. The minimum atomic E-state index is 0.998. The smallest absolute Gasteiger partial charge is 0.0975 e. The topological polar surface area (TPSA) is 25.8 Å². The Balaban J connectivity index is 2.42. The summed E-state index contributed by atoms with van der Waals surface area (Å²) < 4.78 is 0. The third-order valence-electron chi connectivity index (χ3n) is 3.96. The Bertz CT molecular complexity index is 891. The van der Waals surface area contributed by atoms with E-state index in [0.717, 1.165) is 22.4 Å². The van der Waals surface area contributed by atoms with Gasteiger partial charge in [-0.25, -0.2) is 9.97 Å².